The fourth-order valence-electron chi connectivity index (χ4n) is 2.57. The van der Waals surface area contributed by atoms with E-state index in [1.165, 1.54) is 0 Å². The van der Waals surface area contributed by atoms with E-state index in [0.717, 1.165) is 11.1 Å². The summed E-state index contributed by atoms with van der Waals surface area (Å²) >= 11 is 0. The van der Waals surface area contributed by atoms with Crippen LogP contribution in [-0.2, 0) is 22.0 Å². The van der Waals surface area contributed by atoms with Crippen LogP contribution in [0.3, 0.4) is 0 Å². The summed E-state index contributed by atoms with van der Waals surface area (Å²) in [6.07, 6.45) is 0. The number of halogens is 1. The van der Waals surface area contributed by atoms with Gasteiger partial charge in [-0.1, -0.05) is 28.5 Å². The molecule has 0 aromatic heterocycles. The van der Waals surface area contributed by atoms with Crippen LogP contribution in [0.25, 0.3) is 0 Å². The van der Waals surface area contributed by atoms with Crippen molar-refractivity contribution in [2.24, 2.45) is 10.3 Å². The van der Waals surface area contributed by atoms with Crippen LogP contribution in [0.15, 0.2) is 58.8 Å². The second kappa shape index (κ2) is 10.6. The predicted molar refractivity (Wildman–Crippen MR) is 114 cm³/mol. The summed E-state index contributed by atoms with van der Waals surface area (Å²) in [5, 5.41) is 8.19. The average Bonchev–Trinajstić information content (AvgIpc) is 2.71. The molecule has 2 aromatic rings. The number of rotatable bonds is 10. The molecule has 0 radical (unpaired) electrons. The molecule has 156 valence electrons. The molecule has 0 unspecified atom stereocenters. The third-order valence-corrected chi connectivity index (χ3v) is 4.10. The molecular formula is C23H29FN2O3. The number of benzene rings is 2. The van der Waals surface area contributed by atoms with Gasteiger partial charge in [-0.25, -0.2) is 4.39 Å². The number of ether oxygens (including phenoxy) is 1. The molecule has 0 saturated heterocycles. The number of alkyl halides is 1. The lowest BCUT2D eigenvalue weighted by molar-refractivity contribution is 0.155. The molecular weight excluding hydrogens is 371 g/mol. The summed E-state index contributed by atoms with van der Waals surface area (Å²) in [5.74, 6) is 0.703. The van der Waals surface area contributed by atoms with Crippen molar-refractivity contribution in [1.82, 2.24) is 0 Å². The van der Waals surface area contributed by atoms with E-state index in [-0.39, 0.29) is 0 Å². The van der Waals surface area contributed by atoms with Crippen LogP contribution >= 0.6 is 0 Å². The Morgan fingerprint density at radius 2 is 1.62 bits per heavy atom. The predicted octanol–water partition coefficient (Wildman–Crippen LogP) is 5.62. The molecule has 6 heteroatoms. The molecule has 2 rings (SSSR count). The first-order valence-corrected chi connectivity index (χ1v) is 9.73. The van der Waals surface area contributed by atoms with Gasteiger partial charge in [-0.15, -0.1) is 0 Å². The Labute approximate surface area is 172 Å². The second-order valence-corrected chi connectivity index (χ2v) is 6.94. The van der Waals surface area contributed by atoms with E-state index in [1.54, 1.807) is 19.9 Å². The van der Waals surface area contributed by atoms with Crippen LogP contribution < -0.4 is 4.74 Å². The molecule has 0 spiro atoms. The van der Waals surface area contributed by atoms with E-state index >= 15 is 0 Å². The van der Waals surface area contributed by atoms with Gasteiger partial charge in [0.1, 0.15) is 42.7 Å². The molecule has 0 saturated carbocycles. The highest BCUT2D eigenvalue weighted by Crippen LogP contribution is 2.25. The van der Waals surface area contributed by atoms with Crippen molar-refractivity contribution in [2.45, 2.75) is 46.9 Å². The number of hydrogen-bond acceptors (Lipinski definition) is 5. The molecule has 0 amide bonds. The van der Waals surface area contributed by atoms with Gasteiger partial charge >= 0.3 is 0 Å². The molecule has 29 heavy (non-hydrogen) atoms. The van der Waals surface area contributed by atoms with Gasteiger partial charge in [0.05, 0.1) is 0 Å². The first-order chi connectivity index (χ1) is 13.8. The van der Waals surface area contributed by atoms with Crippen LogP contribution in [0.2, 0.25) is 0 Å². The minimum absolute atomic E-state index is 0.355. The lowest BCUT2D eigenvalue weighted by Gasteiger charge is -2.16. The third kappa shape index (κ3) is 6.89. The van der Waals surface area contributed by atoms with Gasteiger partial charge in [-0.05, 0) is 76.1 Å². The topological polar surface area (TPSA) is 52.4 Å². The van der Waals surface area contributed by atoms with Crippen molar-refractivity contribution >= 4 is 11.4 Å². The van der Waals surface area contributed by atoms with E-state index in [4.69, 9.17) is 14.4 Å². The van der Waals surface area contributed by atoms with Crippen LogP contribution in [0, 0.1) is 0 Å². The minimum Gasteiger partial charge on any atom is -0.489 e. The highest BCUT2D eigenvalue weighted by atomic mass is 19.1. The van der Waals surface area contributed by atoms with Gasteiger partial charge in [0.15, 0.2) is 0 Å². The minimum atomic E-state index is -1.38. The Hall–Kier alpha value is -2.89. The fraction of sp³-hybridized carbons (Fsp3) is 0.391. The molecule has 2 aromatic carbocycles. The summed E-state index contributed by atoms with van der Waals surface area (Å²) in [6, 6.07) is 14.9. The van der Waals surface area contributed by atoms with Gasteiger partial charge in [-0.3, -0.25) is 0 Å². The van der Waals surface area contributed by atoms with E-state index in [9.17, 15) is 4.39 Å². The zero-order valence-electron chi connectivity index (χ0n) is 17.7. The zero-order chi connectivity index (χ0) is 21.3. The summed E-state index contributed by atoms with van der Waals surface area (Å²) in [6.45, 7) is 9.94. The lowest BCUT2D eigenvalue weighted by atomic mass is 9.98. The Morgan fingerprint density at radius 1 is 0.966 bits per heavy atom. The van der Waals surface area contributed by atoms with Crippen molar-refractivity contribution in [1.29, 1.82) is 0 Å². The van der Waals surface area contributed by atoms with Gasteiger partial charge in [0.25, 0.3) is 0 Å². The molecule has 0 bridgehead atoms. The Bertz CT molecular complexity index is 840. The van der Waals surface area contributed by atoms with Crippen LogP contribution in [0.5, 0.6) is 5.75 Å². The van der Waals surface area contributed by atoms with Crippen molar-refractivity contribution < 1.29 is 18.8 Å². The summed E-state index contributed by atoms with van der Waals surface area (Å²) < 4.78 is 20.0. The maximum atomic E-state index is 14.1. The molecule has 0 atom stereocenters. The van der Waals surface area contributed by atoms with Crippen molar-refractivity contribution in [2.75, 3.05) is 13.2 Å². The quantitative estimate of drug-likeness (QED) is 0.384. The van der Waals surface area contributed by atoms with Gasteiger partial charge in [0, 0.05) is 5.56 Å². The smallest absolute Gasteiger partial charge is 0.134 e. The normalized spacial score (nSPS) is 12.6. The third-order valence-electron chi connectivity index (χ3n) is 4.10. The summed E-state index contributed by atoms with van der Waals surface area (Å²) in [5.41, 5.74) is 2.23. The molecule has 0 aliphatic carbocycles. The van der Waals surface area contributed by atoms with Crippen LogP contribution in [-0.4, -0.2) is 24.6 Å². The number of oxime groups is 2. The number of hydrogen-bond donors (Lipinski definition) is 0. The SMILES string of the molecule is CCO/N=C(C)/C(=N/OCC)c1ccc(OCc2cccc(C(C)(C)F)c2)cc1. The Balaban J connectivity index is 2.11. The first kappa shape index (κ1) is 22.4. The largest absolute Gasteiger partial charge is 0.489 e. The Morgan fingerprint density at radius 3 is 2.24 bits per heavy atom. The molecule has 0 aliphatic rings. The molecule has 0 aliphatic heterocycles. The van der Waals surface area contributed by atoms with Crippen molar-refractivity contribution in [3.05, 3.63) is 65.2 Å². The van der Waals surface area contributed by atoms with Gasteiger partial charge in [-0.2, -0.15) is 0 Å². The molecule has 0 N–H and O–H groups in total. The molecule has 0 fully saturated rings. The lowest BCUT2D eigenvalue weighted by Crippen LogP contribution is -2.14. The van der Waals surface area contributed by atoms with Crippen molar-refractivity contribution in [3.63, 3.8) is 0 Å². The van der Waals surface area contributed by atoms with E-state index in [0.29, 0.717) is 42.6 Å². The maximum Gasteiger partial charge on any atom is 0.134 e. The van der Waals surface area contributed by atoms with E-state index < -0.39 is 5.67 Å². The Kier molecular flexibility index (Phi) is 8.19. The second-order valence-electron chi connectivity index (χ2n) is 6.94. The standard InChI is InChI=1S/C23H29FN2O3/c1-6-28-25-17(3)22(26-29-7-2)19-11-13-21(14-12-19)27-16-18-9-8-10-20(15-18)23(4,5)24/h8-15H,6-7,16H2,1-5H3/b25-17+,26-22-. The zero-order valence-corrected chi connectivity index (χ0v) is 17.7. The first-order valence-electron chi connectivity index (χ1n) is 9.73. The molecule has 0 heterocycles. The monoisotopic (exact) mass is 400 g/mol. The summed E-state index contributed by atoms with van der Waals surface area (Å²) in [7, 11) is 0. The van der Waals surface area contributed by atoms with E-state index in [1.807, 2.05) is 63.2 Å². The summed E-state index contributed by atoms with van der Waals surface area (Å²) in [4.78, 5) is 10.3. The molecule has 5 nitrogen and oxygen atoms in total. The number of nitrogens with zero attached hydrogens (tertiary/aromatic N) is 2. The maximum absolute atomic E-state index is 14.1. The van der Waals surface area contributed by atoms with Crippen LogP contribution in [0.4, 0.5) is 4.39 Å². The highest BCUT2D eigenvalue weighted by molar-refractivity contribution is 6.47. The van der Waals surface area contributed by atoms with Gasteiger partial charge < -0.3 is 14.4 Å². The fourth-order valence-corrected chi connectivity index (χ4v) is 2.57. The average molecular weight is 400 g/mol. The van der Waals surface area contributed by atoms with Gasteiger partial charge in [0.2, 0.25) is 0 Å². The van der Waals surface area contributed by atoms with Crippen LogP contribution in [0.1, 0.15) is 51.3 Å². The van der Waals surface area contributed by atoms with E-state index in [2.05, 4.69) is 10.3 Å². The highest BCUT2D eigenvalue weighted by Gasteiger charge is 2.18. The van der Waals surface area contributed by atoms with Crippen molar-refractivity contribution in [3.8, 4) is 5.75 Å².